The van der Waals surface area contributed by atoms with Gasteiger partial charge in [0.05, 0.1) is 0 Å². The number of hydrogen-bond acceptors (Lipinski definition) is 7. The fraction of sp³-hybridized carbons (Fsp3) is 0.500. The van der Waals surface area contributed by atoms with Crippen LogP contribution in [0, 0.1) is 0 Å². The van der Waals surface area contributed by atoms with Crippen molar-refractivity contribution in [2.45, 2.75) is 6.10 Å². The lowest BCUT2D eigenvalue weighted by Gasteiger charge is -2.23. The summed E-state index contributed by atoms with van der Waals surface area (Å²) in [6.45, 7) is 0. The minimum Gasteiger partial charge on any atom is -0.290 e. The van der Waals surface area contributed by atoms with E-state index in [1.165, 1.54) is 0 Å². The first-order valence-corrected chi connectivity index (χ1v) is 5.43. The van der Waals surface area contributed by atoms with E-state index in [4.69, 9.17) is 0 Å². The zero-order valence-corrected chi connectivity index (χ0v) is 9.28. The van der Waals surface area contributed by atoms with Crippen LogP contribution in [-0.2, 0) is 27.7 Å². The van der Waals surface area contributed by atoms with Gasteiger partial charge < -0.3 is 0 Å². The monoisotopic (exact) mass is 252 g/mol. The molecule has 0 unspecified atom stereocenters. The fourth-order valence-corrected chi connectivity index (χ4v) is 1.66. The Labute approximate surface area is 90.0 Å². The van der Waals surface area contributed by atoms with E-state index in [9.17, 15) is 18.9 Å². The normalized spacial score (nSPS) is 18.2. The molecule has 1 saturated heterocycles. The highest BCUT2D eigenvalue weighted by atomic mass is 31.2. The van der Waals surface area contributed by atoms with Gasteiger partial charge in [0.25, 0.3) is 11.8 Å². The molecule has 1 rings (SSSR count). The maximum absolute atomic E-state index is 11.5. The molecule has 1 aliphatic rings. The standard InChI is InChI=1S/C6H9N2O7P/c1-13-16(12,14-2)15-3-4(9)7-6(11)8-5(3)10/h3H,1-2H3,(H2,7,8,9,10,11). The lowest BCUT2D eigenvalue weighted by Crippen LogP contribution is -2.59. The molecule has 10 heteroatoms. The van der Waals surface area contributed by atoms with Crippen LogP contribution >= 0.6 is 7.82 Å². The second-order valence-corrected chi connectivity index (χ2v) is 4.44. The number of carbonyl (C=O) groups excluding carboxylic acids is 3. The van der Waals surface area contributed by atoms with Gasteiger partial charge >= 0.3 is 13.9 Å². The number of barbiturate groups is 1. The van der Waals surface area contributed by atoms with Crippen molar-refractivity contribution in [3.8, 4) is 0 Å². The minimum atomic E-state index is -3.98. The van der Waals surface area contributed by atoms with Gasteiger partial charge in [-0.05, 0) is 0 Å². The van der Waals surface area contributed by atoms with E-state index in [0.29, 0.717) is 0 Å². The number of imide groups is 2. The molecule has 0 bridgehead atoms. The number of urea groups is 1. The summed E-state index contributed by atoms with van der Waals surface area (Å²) in [6.07, 6.45) is -1.76. The lowest BCUT2D eigenvalue weighted by atomic mass is 10.3. The number of phosphoric acid groups is 1. The third-order valence-electron chi connectivity index (χ3n) is 1.63. The number of carbonyl (C=O) groups is 3. The van der Waals surface area contributed by atoms with Crippen molar-refractivity contribution in [3.63, 3.8) is 0 Å². The van der Waals surface area contributed by atoms with Gasteiger partial charge in [0.15, 0.2) is 0 Å². The van der Waals surface area contributed by atoms with Crippen LogP contribution in [0.4, 0.5) is 4.79 Å². The Hall–Kier alpha value is -1.28. The van der Waals surface area contributed by atoms with Gasteiger partial charge in [-0.3, -0.25) is 33.8 Å². The maximum atomic E-state index is 11.5. The Bertz CT molecular complexity index is 353. The zero-order chi connectivity index (χ0) is 12.3. The van der Waals surface area contributed by atoms with Crippen LogP contribution in [-0.4, -0.2) is 38.2 Å². The fourth-order valence-electron chi connectivity index (χ4n) is 0.891. The van der Waals surface area contributed by atoms with Crippen LogP contribution in [0.15, 0.2) is 0 Å². The van der Waals surface area contributed by atoms with Gasteiger partial charge in [-0.25, -0.2) is 9.36 Å². The summed E-state index contributed by atoms with van der Waals surface area (Å²) in [7, 11) is -1.93. The van der Waals surface area contributed by atoms with Crippen LogP contribution in [0.3, 0.4) is 0 Å². The quantitative estimate of drug-likeness (QED) is 0.493. The second-order valence-electron chi connectivity index (χ2n) is 2.61. The molecule has 2 N–H and O–H groups in total. The molecule has 0 aliphatic carbocycles. The molecule has 0 aromatic rings. The van der Waals surface area contributed by atoms with Gasteiger partial charge in [-0.15, -0.1) is 0 Å². The van der Waals surface area contributed by atoms with Crippen LogP contribution in [0.5, 0.6) is 0 Å². The van der Waals surface area contributed by atoms with Crippen molar-refractivity contribution in [2.24, 2.45) is 0 Å². The van der Waals surface area contributed by atoms with Crippen molar-refractivity contribution in [1.29, 1.82) is 0 Å². The third kappa shape index (κ3) is 2.64. The molecule has 1 heterocycles. The van der Waals surface area contributed by atoms with E-state index >= 15 is 0 Å². The molecule has 0 atom stereocenters. The lowest BCUT2D eigenvalue weighted by molar-refractivity contribution is -0.141. The zero-order valence-electron chi connectivity index (χ0n) is 8.38. The van der Waals surface area contributed by atoms with E-state index in [1.54, 1.807) is 10.6 Å². The Morgan fingerprint density at radius 3 is 1.88 bits per heavy atom. The van der Waals surface area contributed by atoms with Gasteiger partial charge in [0.1, 0.15) is 0 Å². The van der Waals surface area contributed by atoms with Crippen molar-refractivity contribution in [3.05, 3.63) is 0 Å². The summed E-state index contributed by atoms with van der Waals surface area (Å²) in [5, 5.41) is 3.53. The van der Waals surface area contributed by atoms with Gasteiger partial charge in [0.2, 0.25) is 6.10 Å². The summed E-state index contributed by atoms with van der Waals surface area (Å²) >= 11 is 0. The molecule has 1 aliphatic heterocycles. The largest absolute Gasteiger partial charge is 0.475 e. The molecular weight excluding hydrogens is 243 g/mol. The molecule has 4 amide bonds. The molecule has 16 heavy (non-hydrogen) atoms. The van der Waals surface area contributed by atoms with Gasteiger partial charge in [-0.1, -0.05) is 0 Å². The summed E-state index contributed by atoms with van der Waals surface area (Å²) in [5.74, 6) is -2.08. The summed E-state index contributed by atoms with van der Waals surface area (Å²) in [6, 6.07) is -0.973. The van der Waals surface area contributed by atoms with Gasteiger partial charge in [-0.2, -0.15) is 0 Å². The molecule has 9 nitrogen and oxygen atoms in total. The predicted molar refractivity (Wildman–Crippen MR) is 48.2 cm³/mol. The summed E-state index contributed by atoms with van der Waals surface area (Å²) < 4.78 is 24.8. The highest BCUT2D eigenvalue weighted by Gasteiger charge is 2.41. The number of hydrogen-bond donors (Lipinski definition) is 2. The molecule has 0 saturated carbocycles. The highest BCUT2D eigenvalue weighted by Crippen LogP contribution is 2.48. The Morgan fingerprint density at radius 1 is 1.06 bits per heavy atom. The second kappa shape index (κ2) is 4.71. The molecule has 1 fully saturated rings. The molecule has 0 aromatic carbocycles. The maximum Gasteiger partial charge on any atom is 0.475 e. The molecular formula is C6H9N2O7P. The van der Waals surface area contributed by atoms with Crippen molar-refractivity contribution >= 4 is 25.7 Å². The van der Waals surface area contributed by atoms with E-state index in [0.717, 1.165) is 14.2 Å². The average Bonchev–Trinajstić information content (AvgIpc) is 2.23. The minimum absolute atomic E-state index is 0.973. The van der Waals surface area contributed by atoms with Crippen LogP contribution in [0.1, 0.15) is 0 Å². The van der Waals surface area contributed by atoms with E-state index in [1.807, 2.05) is 0 Å². The Balaban J connectivity index is 2.80. The van der Waals surface area contributed by atoms with E-state index < -0.39 is 31.8 Å². The number of nitrogens with one attached hydrogen (secondary N) is 2. The predicted octanol–water partition coefficient (Wildman–Crippen LogP) is -0.861. The summed E-state index contributed by atoms with van der Waals surface area (Å²) in [4.78, 5) is 33.0. The van der Waals surface area contributed by atoms with E-state index in [2.05, 4.69) is 13.6 Å². The topological polar surface area (TPSA) is 120 Å². The smallest absolute Gasteiger partial charge is 0.290 e. The number of rotatable bonds is 4. The van der Waals surface area contributed by atoms with Crippen molar-refractivity contribution < 1.29 is 32.5 Å². The van der Waals surface area contributed by atoms with Crippen molar-refractivity contribution in [1.82, 2.24) is 10.6 Å². The summed E-state index contributed by atoms with van der Waals surface area (Å²) in [5.41, 5.74) is 0. The van der Waals surface area contributed by atoms with Crippen LogP contribution in [0.25, 0.3) is 0 Å². The molecule has 0 radical (unpaired) electrons. The highest BCUT2D eigenvalue weighted by molar-refractivity contribution is 7.48. The molecule has 90 valence electrons. The molecule has 0 aromatic heterocycles. The first-order chi connectivity index (χ1) is 7.41. The number of phosphoric ester groups is 1. The first-order valence-electron chi connectivity index (χ1n) is 3.97. The average molecular weight is 252 g/mol. The third-order valence-corrected chi connectivity index (χ3v) is 2.99. The molecule has 0 spiro atoms. The van der Waals surface area contributed by atoms with Crippen LogP contribution < -0.4 is 10.6 Å². The van der Waals surface area contributed by atoms with Gasteiger partial charge in [0, 0.05) is 14.2 Å². The first kappa shape index (κ1) is 12.8. The SMILES string of the molecule is COP(=O)(OC)OC1C(=O)NC(=O)NC1=O. The van der Waals surface area contributed by atoms with Crippen molar-refractivity contribution in [2.75, 3.05) is 14.2 Å². The Morgan fingerprint density at radius 2 is 1.50 bits per heavy atom. The van der Waals surface area contributed by atoms with E-state index in [-0.39, 0.29) is 0 Å². The Kier molecular flexibility index (Phi) is 3.76. The number of amides is 4. The van der Waals surface area contributed by atoms with Crippen LogP contribution in [0.2, 0.25) is 0 Å².